The van der Waals surface area contributed by atoms with E-state index in [9.17, 15) is 9.59 Å². The van der Waals surface area contributed by atoms with Gasteiger partial charge in [-0.05, 0) is 31.7 Å². The highest BCUT2D eigenvalue weighted by Crippen LogP contribution is 2.12. The number of hydrogen-bond acceptors (Lipinski definition) is 3. The fraction of sp³-hybridized carbons (Fsp3) is 0.846. The van der Waals surface area contributed by atoms with Crippen LogP contribution in [0.3, 0.4) is 0 Å². The first-order valence-corrected chi connectivity index (χ1v) is 6.82. The fourth-order valence-corrected chi connectivity index (χ4v) is 2.29. The molecule has 104 valence electrons. The Morgan fingerprint density at radius 1 is 1.39 bits per heavy atom. The topological polar surface area (TPSA) is 84.2 Å². The second-order valence-corrected chi connectivity index (χ2v) is 5.38. The van der Waals surface area contributed by atoms with Crippen LogP contribution in [-0.2, 0) is 9.59 Å². The van der Waals surface area contributed by atoms with Gasteiger partial charge in [-0.25, -0.2) is 0 Å². The van der Waals surface area contributed by atoms with Crippen molar-refractivity contribution in [2.75, 3.05) is 6.54 Å². The minimum atomic E-state index is -0.559. The van der Waals surface area contributed by atoms with Crippen LogP contribution < -0.4 is 16.4 Å². The molecule has 1 aliphatic heterocycles. The average molecular weight is 255 g/mol. The molecule has 0 radical (unpaired) electrons. The van der Waals surface area contributed by atoms with E-state index in [-0.39, 0.29) is 11.8 Å². The Hall–Kier alpha value is -1.10. The molecule has 1 rings (SSSR count). The summed E-state index contributed by atoms with van der Waals surface area (Å²) < 4.78 is 0. The number of hydrogen-bond donors (Lipinski definition) is 3. The maximum Gasteiger partial charge on any atom is 0.240 e. The smallest absolute Gasteiger partial charge is 0.240 e. The molecule has 1 aliphatic rings. The van der Waals surface area contributed by atoms with Crippen LogP contribution in [0.1, 0.15) is 46.0 Å². The minimum Gasteiger partial charge on any atom is -0.368 e. The SMILES string of the molecule is CC(C)C(NC(=O)CCC1CCCCN1)C(N)=O. The van der Waals surface area contributed by atoms with Crippen LogP contribution in [-0.4, -0.2) is 30.4 Å². The van der Waals surface area contributed by atoms with E-state index in [1.807, 2.05) is 13.8 Å². The number of primary amides is 1. The molecule has 1 fully saturated rings. The Labute approximate surface area is 109 Å². The molecule has 0 aromatic heterocycles. The summed E-state index contributed by atoms with van der Waals surface area (Å²) in [7, 11) is 0. The van der Waals surface area contributed by atoms with Crippen LogP contribution in [0.25, 0.3) is 0 Å². The van der Waals surface area contributed by atoms with Gasteiger partial charge in [0.15, 0.2) is 0 Å². The van der Waals surface area contributed by atoms with Crippen molar-refractivity contribution in [2.45, 2.75) is 58.0 Å². The molecule has 0 spiro atoms. The maximum atomic E-state index is 11.8. The van der Waals surface area contributed by atoms with E-state index in [0.717, 1.165) is 19.4 Å². The summed E-state index contributed by atoms with van der Waals surface area (Å²) >= 11 is 0. The lowest BCUT2D eigenvalue weighted by molar-refractivity contribution is -0.128. The number of carbonyl (C=O) groups excluding carboxylic acids is 2. The maximum absolute atomic E-state index is 11.8. The molecule has 0 aromatic carbocycles. The lowest BCUT2D eigenvalue weighted by Gasteiger charge is -2.24. The highest BCUT2D eigenvalue weighted by atomic mass is 16.2. The van der Waals surface area contributed by atoms with Gasteiger partial charge in [0, 0.05) is 12.5 Å². The number of amides is 2. The van der Waals surface area contributed by atoms with Crippen LogP contribution in [0.5, 0.6) is 0 Å². The summed E-state index contributed by atoms with van der Waals surface area (Å²) in [5.74, 6) is -0.520. The molecule has 0 bridgehead atoms. The van der Waals surface area contributed by atoms with Gasteiger partial charge >= 0.3 is 0 Å². The molecule has 2 amide bonds. The highest BCUT2D eigenvalue weighted by Gasteiger charge is 2.22. The van der Waals surface area contributed by atoms with Crippen molar-refractivity contribution in [3.63, 3.8) is 0 Å². The van der Waals surface area contributed by atoms with Crippen molar-refractivity contribution >= 4 is 11.8 Å². The summed E-state index contributed by atoms with van der Waals surface area (Å²) in [4.78, 5) is 22.9. The van der Waals surface area contributed by atoms with Crippen molar-refractivity contribution < 1.29 is 9.59 Å². The number of rotatable bonds is 6. The van der Waals surface area contributed by atoms with E-state index in [4.69, 9.17) is 5.73 Å². The lowest BCUT2D eigenvalue weighted by Crippen LogP contribution is -2.48. The summed E-state index contributed by atoms with van der Waals surface area (Å²) in [5.41, 5.74) is 5.26. The lowest BCUT2D eigenvalue weighted by atomic mass is 9.99. The largest absolute Gasteiger partial charge is 0.368 e. The Kier molecular flexibility index (Phi) is 6.12. The highest BCUT2D eigenvalue weighted by molar-refractivity contribution is 5.86. The zero-order valence-corrected chi connectivity index (χ0v) is 11.4. The van der Waals surface area contributed by atoms with E-state index in [0.29, 0.717) is 12.5 Å². The third kappa shape index (κ3) is 5.04. The third-order valence-corrected chi connectivity index (χ3v) is 3.42. The third-order valence-electron chi connectivity index (χ3n) is 3.42. The normalized spacial score (nSPS) is 21.6. The Bertz CT molecular complexity index is 286. The van der Waals surface area contributed by atoms with Gasteiger partial charge in [0.05, 0.1) is 0 Å². The molecule has 2 atom stereocenters. The van der Waals surface area contributed by atoms with Gasteiger partial charge in [-0.15, -0.1) is 0 Å². The van der Waals surface area contributed by atoms with Crippen molar-refractivity contribution in [1.29, 1.82) is 0 Å². The van der Waals surface area contributed by atoms with Gasteiger partial charge in [-0.3, -0.25) is 9.59 Å². The number of nitrogens with one attached hydrogen (secondary N) is 2. The number of piperidine rings is 1. The van der Waals surface area contributed by atoms with E-state index < -0.39 is 11.9 Å². The number of carbonyl (C=O) groups is 2. The van der Waals surface area contributed by atoms with E-state index in [1.54, 1.807) is 0 Å². The molecular formula is C13H25N3O2. The first-order valence-electron chi connectivity index (χ1n) is 6.82. The Balaban J connectivity index is 2.29. The van der Waals surface area contributed by atoms with Crippen molar-refractivity contribution in [3.8, 4) is 0 Å². The van der Waals surface area contributed by atoms with Gasteiger partial charge in [-0.1, -0.05) is 20.3 Å². The Morgan fingerprint density at radius 2 is 2.11 bits per heavy atom. The molecule has 18 heavy (non-hydrogen) atoms. The second kappa shape index (κ2) is 7.36. The summed E-state index contributed by atoms with van der Waals surface area (Å²) in [6.07, 6.45) is 4.87. The van der Waals surface area contributed by atoms with Gasteiger partial charge in [0.25, 0.3) is 0 Å². The molecule has 1 heterocycles. The predicted octanol–water partition coefficient (Wildman–Crippen LogP) is 0.535. The van der Waals surface area contributed by atoms with Gasteiger partial charge in [0.2, 0.25) is 11.8 Å². The van der Waals surface area contributed by atoms with Crippen molar-refractivity contribution in [3.05, 3.63) is 0 Å². The van der Waals surface area contributed by atoms with Gasteiger partial charge in [-0.2, -0.15) is 0 Å². The summed E-state index contributed by atoms with van der Waals surface area (Å²) in [5, 5.41) is 6.12. The molecule has 0 aromatic rings. The molecule has 0 saturated carbocycles. The molecule has 2 unspecified atom stereocenters. The zero-order valence-electron chi connectivity index (χ0n) is 11.4. The average Bonchev–Trinajstić information content (AvgIpc) is 2.34. The molecular weight excluding hydrogens is 230 g/mol. The number of nitrogens with two attached hydrogens (primary N) is 1. The zero-order chi connectivity index (χ0) is 13.5. The van der Waals surface area contributed by atoms with Crippen LogP contribution in [0.2, 0.25) is 0 Å². The van der Waals surface area contributed by atoms with Crippen LogP contribution >= 0.6 is 0 Å². The summed E-state index contributed by atoms with van der Waals surface area (Å²) in [6, 6.07) is -0.118. The van der Waals surface area contributed by atoms with E-state index >= 15 is 0 Å². The van der Waals surface area contributed by atoms with Crippen molar-refractivity contribution in [2.24, 2.45) is 11.7 Å². The molecule has 5 nitrogen and oxygen atoms in total. The predicted molar refractivity (Wildman–Crippen MR) is 70.8 cm³/mol. The summed E-state index contributed by atoms with van der Waals surface area (Å²) in [6.45, 7) is 4.79. The second-order valence-electron chi connectivity index (χ2n) is 5.38. The molecule has 5 heteroatoms. The fourth-order valence-electron chi connectivity index (χ4n) is 2.29. The van der Waals surface area contributed by atoms with Crippen LogP contribution in [0.15, 0.2) is 0 Å². The van der Waals surface area contributed by atoms with Crippen LogP contribution in [0, 0.1) is 5.92 Å². The monoisotopic (exact) mass is 255 g/mol. The first kappa shape index (κ1) is 15.0. The molecule has 1 saturated heterocycles. The molecule has 0 aliphatic carbocycles. The first-order chi connectivity index (χ1) is 8.50. The van der Waals surface area contributed by atoms with Crippen molar-refractivity contribution in [1.82, 2.24) is 10.6 Å². The standard InChI is InChI=1S/C13H25N3O2/c1-9(2)12(13(14)18)16-11(17)7-6-10-5-3-4-8-15-10/h9-10,12,15H,3-8H2,1-2H3,(H2,14,18)(H,16,17). The van der Waals surface area contributed by atoms with Gasteiger partial charge < -0.3 is 16.4 Å². The molecule has 4 N–H and O–H groups in total. The van der Waals surface area contributed by atoms with Crippen LogP contribution in [0.4, 0.5) is 0 Å². The van der Waals surface area contributed by atoms with Gasteiger partial charge in [0.1, 0.15) is 6.04 Å². The Morgan fingerprint density at radius 3 is 2.61 bits per heavy atom. The van der Waals surface area contributed by atoms with E-state index in [2.05, 4.69) is 10.6 Å². The van der Waals surface area contributed by atoms with E-state index in [1.165, 1.54) is 12.8 Å². The minimum absolute atomic E-state index is 0.0271. The quantitative estimate of drug-likeness (QED) is 0.647.